The molecule has 1 fully saturated rings. The Hall–Kier alpha value is -1.15. The molecule has 18 heavy (non-hydrogen) atoms. The number of esters is 1. The summed E-state index contributed by atoms with van der Waals surface area (Å²) >= 11 is 0. The van der Waals surface area contributed by atoms with Crippen LogP contribution in [0.15, 0.2) is 0 Å². The largest absolute Gasteiger partial charge is 0.481 e. The Morgan fingerprint density at radius 2 is 2.11 bits per heavy atom. The molecule has 2 N–H and O–H groups in total. The average molecular weight is 279 g/mol. The number of rotatable bonds is 5. The van der Waals surface area contributed by atoms with Crippen LogP contribution in [0.4, 0.5) is 0 Å². The maximum atomic E-state index is 11.7. The summed E-state index contributed by atoms with van der Waals surface area (Å²) in [5.41, 5.74) is -1.12. The van der Waals surface area contributed by atoms with E-state index in [4.69, 9.17) is 5.11 Å². The van der Waals surface area contributed by atoms with Gasteiger partial charge in [-0.25, -0.2) is 13.1 Å². The molecule has 2 atom stereocenters. The number of carbonyl (C=O) groups is 2. The van der Waals surface area contributed by atoms with Crippen molar-refractivity contribution in [2.24, 2.45) is 5.41 Å². The molecule has 7 nitrogen and oxygen atoms in total. The van der Waals surface area contributed by atoms with Crippen molar-refractivity contribution in [3.8, 4) is 0 Å². The number of carbonyl (C=O) groups excluding carboxylic acids is 1. The molecule has 0 amide bonds. The minimum Gasteiger partial charge on any atom is -0.481 e. The number of hydrogen-bond acceptors (Lipinski definition) is 5. The number of methoxy groups -OCH3 is 1. The third-order valence-corrected chi connectivity index (χ3v) is 4.56. The fourth-order valence-electron chi connectivity index (χ4n) is 2.08. The number of hydrogen-bond donors (Lipinski definition) is 2. The van der Waals surface area contributed by atoms with Gasteiger partial charge in [0.1, 0.15) is 0 Å². The Morgan fingerprint density at radius 3 is 2.61 bits per heavy atom. The number of aliphatic carboxylic acids is 1. The second-order valence-corrected chi connectivity index (χ2v) is 6.37. The lowest BCUT2D eigenvalue weighted by molar-refractivity contribution is -0.148. The smallest absolute Gasteiger partial charge is 0.322 e. The van der Waals surface area contributed by atoms with Crippen molar-refractivity contribution in [1.82, 2.24) is 4.72 Å². The maximum absolute atomic E-state index is 11.7. The van der Waals surface area contributed by atoms with Crippen LogP contribution in [0.5, 0.6) is 0 Å². The highest BCUT2D eigenvalue weighted by atomic mass is 32.2. The summed E-state index contributed by atoms with van der Waals surface area (Å²) in [6, 6.07) is -0.690. The number of carboxylic acids is 1. The quantitative estimate of drug-likeness (QED) is 0.670. The van der Waals surface area contributed by atoms with Gasteiger partial charge in [-0.05, 0) is 19.8 Å². The molecule has 1 aliphatic carbocycles. The maximum Gasteiger partial charge on any atom is 0.322 e. The van der Waals surface area contributed by atoms with E-state index in [0.29, 0.717) is 19.3 Å². The zero-order valence-electron chi connectivity index (χ0n) is 10.3. The summed E-state index contributed by atoms with van der Waals surface area (Å²) in [5.74, 6) is -2.71. The van der Waals surface area contributed by atoms with Crippen molar-refractivity contribution in [2.75, 3.05) is 12.9 Å². The molecule has 2 unspecified atom stereocenters. The van der Waals surface area contributed by atoms with Crippen LogP contribution in [0.1, 0.15) is 26.2 Å². The molecule has 1 saturated carbocycles. The standard InChI is InChI=1S/C10H17NO6S/c1-10(9(13)14)5-3-4-7(10)11-18(15,16)6-8(12)17-2/h7,11H,3-6H2,1-2H3,(H,13,14). The van der Waals surface area contributed by atoms with E-state index in [1.165, 1.54) is 6.92 Å². The molecule has 0 aromatic carbocycles. The second-order valence-electron chi connectivity index (χ2n) is 4.62. The van der Waals surface area contributed by atoms with Crippen LogP contribution in [-0.4, -0.2) is 44.4 Å². The molecule has 0 spiro atoms. The first kappa shape index (κ1) is 14.9. The van der Waals surface area contributed by atoms with Crippen molar-refractivity contribution in [1.29, 1.82) is 0 Å². The Bertz CT molecular complexity index is 445. The Balaban J connectivity index is 2.78. The lowest BCUT2D eigenvalue weighted by atomic mass is 9.85. The molecule has 0 aromatic heterocycles. The van der Waals surface area contributed by atoms with E-state index < -0.39 is 39.2 Å². The van der Waals surface area contributed by atoms with E-state index in [9.17, 15) is 18.0 Å². The van der Waals surface area contributed by atoms with E-state index >= 15 is 0 Å². The average Bonchev–Trinajstić information content (AvgIpc) is 2.60. The van der Waals surface area contributed by atoms with Crippen LogP contribution in [0.2, 0.25) is 0 Å². The zero-order chi connectivity index (χ0) is 14.0. The predicted octanol–water partition coefficient (Wildman–Crippen LogP) is -0.278. The van der Waals surface area contributed by atoms with E-state index in [1.807, 2.05) is 0 Å². The van der Waals surface area contributed by atoms with Gasteiger partial charge < -0.3 is 9.84 Å². The topological polar surface area (TPSA) is 110 Å². The highest BCUT2D eigenvalue weighted by molar-refractivity contribution is 7.90. The van der Waals surface area contributed by atoms with Gasteiger partial charge in [0.25, 0.3) is 0 Å². The van der Waals surface area contributed by atoms with E-state index in [-0.39, 0.29) is 0 Å². The molecule has 0 aromatic rings. The Kier molecular flexibility index (Phi) is 4.33. The number of carboxylic acid groups (broad SMARTS) is 1. The molecular weight excluding hydrogens is 262 g/mol. The Labute approximate surface area is 106 Å². The van der Waals surface area contributed by atoms with E-state index in [1.54, 1.807) is 0 Å². The normalized spacial score (nSPS) is 28.0. The van der Waals surface area contributed by atoms with Gasteiger partial charge in [-0.1, -0.05) is 6.42 Å². The van der Waals surface area contributed by atoms with Gasteiger partial charge in [0.05, 0.1) is 12.5 Å². The fourth-order valence-corrected chi connectivity index (χ4v) is 3.41. The number of sulfonamides is 1. The van der Waals surface area contributed by atoms with E-state index in [2.05, 4.69) is 9.46 Å². The minimum absolute atomic E-state index is 0.410. The van der Waals surface area contributed by atoms with Gasteiger partial charge in [-0.15, -0.1) is 0 Å². The molecule has 1 rings (SSSR count). The summed E-state index contributed by atoms with van der Waals surface area (Å²) in [6.07, 6.45) is 1.49. The molecule has 0 aliphatic heterocycles. The molecule has 0 saturated heterocycles. The van der Waals surface area contributed by atoms with Gasteiger partial charge >= 0.3 is 11.9 Å². The fraction of sp³-hybridized carbons (Fsp3) is 0.800. The highest BCUT2D eigenvalue weighted by Gasteiger charge is 2.46. The van der Waals surface area contributed by atoms with Crippen molar-refractivity contribution in [3.05, 3.63) is 0 Å². The van der Waals surface area contributed by atoms with Gasteiger partial charge in [0.15, 0.2) is 5.75 Å². The molecule has 0 heterocycles. The van der Waals surface area contributed by atoms with Crippen LogP contribution in [0, 0.1) is 5.41 Å². The zero-order valence-corrected chi connectivity index (χ0v) is 11.1. The van der Waals surface area contributed by atoms with Crippen LogP contribution in [0.3, 0.4) is 0 Å². The van der Waals surface area contributed by atoms with Crippen LogP contribution >= 0.6 is 0 Å². The summed E-state index contributed by atoms with van der Waals surface area (Å²) in [5, 5.41) is 9.14. The van der Waals surface area contributed by atoms with Gasteiger partial charge in [-0.3, -0.25) is 9.59 Å². The first-order valence-corrected chi connectivity index (χ1v) is 7.17. The summed E-state index contributed by atoms with van der Waals surface area (Å²) in [6.45, 7) is 1.51. The molecule has 0 radical (unpaired) electrons. The summed E-state index contributed by atoms with van der Waals surface area (Å²) in [4.78, 5) is 22.1. The SMILES string of the molecule is COC(=O)CS(=O)(=O)NC1CCCC1(C)C(=O)O. The first-order valence-electron chi connectivity index (χ1n) is 5.51. The number of ether oxygens (including phenoxy) is 1. The van der Waals surface area contributed by atoms with Gasteiger partial charge in [0.2, 0.25) is 10.0 Å². The molecule has 8 heteroatoms. The summed E-state index contributed by atoms with van der Waals surface area (Å²) < 4.78 is 29.9. The molecule has 1 aliphatic rings. The first-order chi connectivity index (χ1) is 8.21. The molecular formula is C10H17NO6S. The van der Waals surface area contributed by atoms with Crippen molar-refractivity contribution < 1.29 is 27.9 Å². The minimum atomic E-state index is -3.87. The predicted molar refractivity (Wildman–Crippen MR) is 62.3 cm³/mol. The number of nitrogens with one attached hydrogen (secondary N) is 1. The Morgan fingerprint density at radius 1 is 1.50 bits per heavy atom. The lowest BCUT2D eigenvalue weighted by Crippen LogP contribution is -2.48. The monoisotopic (exact) mass is 279 g/mol. The lowest BCUT2D eigenvalue weighted by Gasteiger charge is -2.27. The summed E-state index contributed by atoms with van der Waals surface area (Å²) in [7, 11) is -2.78. The van der Waals surface area contributed by atoms with Gasteiger partial charge in [-0.2, -0.15) is 0 Å². The van der Waals surface area contributed by atoms with Crippen molar-refractivity contribution in [3.63, 3.8) is 0 Å². The van der Waals surface area contributed by atoms with Gasteiger partial charge in [0, 0.05) is 6.04 Å². The molecule has 104 valence electrons. The van der Waals surface area contributed by atoms with Crippen LogP contribution in [-0.2, 0) is 24.3 Å². The van der Waals surface area contributed by atoms with Crippen LogP contribution < -0.4 is 4.72 Å². The second kappa shape index (κ2) is 5.23. The van der Waals surface area contributed by atoms with Crippen LogP contribution in [0.25, 0.3) is 0 Å². The van der Waals surface area contributed by atoms with E-state index in [0.717, 1.165) is 7.11 Å². The third kappa shape index (κ3) is 3.20. The molecule has 0 bridgehead atoms. The van der Waals surface area contributed by atoms with Crippen molar-refractivity contribution >= 4 is 22.0 Å². The highest BCUT2D eigenvalue weighted by Crippen LogP contribution is 2.38. The third-order valence-electron chi connectivity index (χ3n) is 3.30. The van der Waals surface area contributed by atoms with Crippen molar-refractivity contribution in [2.45, 2.75) is 32.2 Å².